The molecule has 34 heavy (non-hydrogen) atoms. The van der Waals surface area contributed by atoms with E-state index < -0.39 is 35.1 Å². The molecule has 1 aliphatic heterocycles. The van der Waals surface area contributed by atoms with Crippen LogP contribution in [-0.4, -0.2) is 34.2 Å². The first-order chi connectivity index (χ1) is 16.0. The summed E-state index contributed by atoms with van der Waals surface area (Å²) < 4.78 is 40.2. The Morgan fingerprint density at radius 1 is 1.12 bits per heavy atom. The number of aromatic nitrogens is 2. The van der Waals surface area contributed by atoms with E-state index in [1.54, 1.807) is 32.2 Å². The van der Waals surface area contributed by atoms with E-state index in [9.17, 15) is 27.6 Å². The molecule has 3 N–H and O–H groups in total. The third-order valence-corrected chi connectivity index (χ3v) is 5.68. The SMILES string of the molecule is Cc1cnn(C)c1[C@@]1(CNC(=O)c2ccccc2-c2ccc(C(F)(F)F)cc2)NC(=O)NC1=O. The number of carbonyl (C=O) groups excluding carboxylic acids is 3. The van der Waals surface area contributed by atoms with Crippen LogP contribution in [0.5, 0.6) is 0 Å². The number of nitrogens with one attached hydrogen (secondary N) is 3. The van der Waals surface area contributed by atoms with Gasteiger partial charge in [0.05, 0.1) is 24.0 Å². The molecule has 0 unspecified atom stereocenters. The largest absolute Gasteiger partial charge is 0.416 e. The number of amides is 4. The van der Waals surface area contributed by atoms with Crippen LogP contribution in [0.3, 0.4) is 0 Å². The van der Waals surface area contributed by atoms with Crippen molar-refractivity contribution in [3.05, 3.63) is 77.1 Å². The molecule has 1 atom stereocenters. The normalized spacial score (nSPS) is 17.9. The van der Waals surface area contributed by atoms with Gasteiger partial charge >= 0.3 is 12.2 Å². The van der Waals surface area contributed by atoms with Crippen LogP contribution in [0.15, 0.2) is 54.7 Å². The van der Waals surface area contributed by atoms with E-state index in [2.05, 4.69) is 21.0 Å². The van der Waals surface area contributed by atoms with Crippen LogP contribution in [0.4, 0.5) is 18.0 Å². The average molecular weight is 471 g/mol. The number of carbonyl (C=O) groups is 3. The van der Waals surface area contributed by atoms with E-state index in [0.29, 0.717) is 22.4 Å². The molecular weight excluding hydrogens is 451 g/mol. The zero-order valence-corrected chi connectivity index (χ0v) is 18.2. The molecule has 2 aromatic carbocycles. The first-order valence-electron chi connectivity index (χ1n) is 10.2. The summed E-state index contributed by atoms with van der Waals surface area (Å²) in [5.74, 6) is -1.20. The van der Waals surface area contributed by atoms with Gasteiger partial charge in [-0.15, -0.1) is 0 Å². The molecule has 1 saturated heterocycles. The number of halogens is 3. The molecule has 4 rings (SSSR count). The summed E-state index contributed by atoms with van der Waals surface area (Å²) in [7, 11) is 1.61. The molecule has 0 spiro atoms. The quantitative estimate of drug-likeness (QED) is 0.498. The molecule has 1 aromatic heterocycles. The second kappa shape index (κ2) is 8.32. The van der Waals surface area contributed by atoms with Crippen molar-refractivity contribution >= 4 is 17.8 Å². The number of nitrogens with zero attached hydrogens (tertiary/aromatic N) is 2. The van der Waals surface area contributed by atoms with Crippen LogP contribution < -0.4 is 16.0 Å². The monoisotopic (exact) mass is 471 g/mol. The lowest BCUT2D eigenvalue weighted by molar-refractivity contribution is -0.137. The van der Waals surface area contributed by atoms with Crippen molar-refractivity contribution in [2.45, 2.75) is 18.6 Å². The Kier molecular flexibility index (Phi) is 5.64. The van der Waals surface area contributed by atoms with Gasteiger partial charge in [0.15, 0.2) is 5.54 Å². The first-order valence-corrected chi connectivity index (χ1v) is 10.2. The second-order valence-corrected chi connectivity index (χ2v) is 7.92. The maximum Gasteiger partial charge on any atom is 0.416 e. The van der Waals surface area contributed by atoms with Gasteiger partial charge in [0.2, 0.25) is 0 Å². The molecule has 1 fully saturated rings. The second-order valence-electron chi connectivity index (χ2n) is 7.92. The number of urea groups is 1. The van der Waals surface area contributed by atoms with E-state index in [1.807, 2.05) is 0 Å². The molecule has 176 valence electrons. The van der Waals surface area contributed by atoms with Crippen LogP contribution in [0.2, 0.25) is 0 Å². The number of hydrogen-bond acceptors (Lipinski definition) is 4. The molecule has 0 aliphatic carbocycles. The number of benzene rings is 2. The highest BCUT2D eigenvalue weighted by molar-refractivity contribution is 6.08. The molecule has 0 radical (unpaired) electrons. The summed E-state index contributed by atoms with van der Waals surface area (Å²) in [5.41, 5.74) is -0.294. The summed E-state index contributed by atoms with van der Waals surface area (Å²) in [6.07, 6.45) is -2.93. The third kappa shape index (κ3) is 4.00. The van der Waals surface area contributed by atoms with Crippen molar-refractivity contribution in [1.82, 2.24) is 25.7 Å². The molecule has 1 aliphatic rings. The summed E-state index contributed by atoms with van der Waals surface area (Å²) >= 11 is 0. The smallest absolute Gasteiger partial charge is 0.349 e. The standard InChI is InChI=1S/C23H20F3N5O3/c1-13-11-28-31(2)18(13)22(20(33)29-21(34)30-22)12-27-19(32)17-6-4-3-5-16(17)14-7-9-15(10-8-14)23(24,25)26/h3-11H,12H2,1-2H3,(H,27,32)(H2,29,30,33,34)/t22-/m1/s1. The van der Waals surface area contributed by atoms with Gasteiger partial charge in [0, 0.05) is 12.6 Å². The van der Waals surface area contributed by atoms with Crippen molar-refractivity contribution in [3.63, 3.8) is 0 Å². The minimum absolute atomic E-state index is 0.198. The summed E-state index contributed by atoms with van der Waals surface area (Å²) in [4.78, 5) is 37.9. The maximum atomic E-state index is 13.1. The summed E-state index contributed by atoms with van der Waals surface area (Å²) in [6.45, 7) is 1.45. The van der Waals surface area contributed by atoms with E-state index in [0.717, 1.165) is 12.1 Å². The van der Waals surface area contributed by atoms with Crippen LogP contribution in [-0.2, 0) is 23.6 Å². The zero-order chi connectivity index (χ0) is 24.7. The fourth-order valence-corrected chi connectivity index (χ4v) is 4.11. The van der Waals surface area contributed by atoms with Gasteiger partial charge in [0.25, 0.3) is 11.8 Å². The van der Waals surface area contributed by atoms with Crippen molar-refractivity contribution in [1.29, 1.82) is 0 Å². The van der Waals surface area contributed by atoms with Gasteiger partial charge in [-0.05, 0) is 41.8 Å². The summed E-state index contributed by atoms with van der Waals surface area (Å²) in [6, 6.07) is 10.2. The molecular formula is C23H20F3N5O3. The number of alkyl halides is 3. The van der Waals surface area contributed by atoms with E-state index in [1.165, 1.54) is 29.1 Å². The number of rotatable bonds is 5. The minimum Gasteiger partial charge on any atom is -0.349 e. The Balaban J connectivity index is 1.64. The fraction of sp³-hybridized carbons (Fsp3) is 0.217. The van der Waals surface area contributed by atoms with Crippen LogP contribution in [0.25, 0.3) is 11.1 Å². The lowest BCUT2D eigenvalue weighted by atomic mass is 9.92. The average Bonchev–Trinajstić information content (AvgIpc) is 3.28. The number of aryl methyl sites for hydroxylation is 2. The lowest BCUT2D eigenvalue weighted by Crippen LogP contribution is -2.54. The number of hydrogen-bond donors (Lipinski definition) is 3. The highest BCUT2D eigenvalue weighted by Gasteiger charge is 2.50. The Bertz CT molecular complexity index is 1260. The highest BCUT2D eigenvalue weighted by Crippen LogP contribution is 2.32. The van der Waals surface area contributed by atoms with Crippen LogP contribution in [0.1, 0.15) is 27.2 Å². The van der Waals surface area contributed by atoms with E-state index >= 15 is 0 Å². The molecule has 8 nitrogen and oxygen atoms in total. The lowest BCUT2D eigenvalue weighted by Gasteiger charge is -2.27. The molecule has 2 heterocycles. The van der Waals surface area contributed by atoms with E-state index in [4.69, 9.17) is 0 Å². The fourth-order valence-electron chi connectivity index (χ4n) is 4.11. The molecule has 0 bridgehead atoms. The van der Waals surface area contributed by atoms with Gasteiger partial charge in [-0.25, -0.2) is 4.79 Å². The first kappa shape index (κ1) is 23.0. The van der Waals surface area contributed by atoms with Crippen molar-refractivity contribution in [2.24, 2.45) is 7.05 Å². The van der Waals surface area contributed by atoms with Gasteiger partial charge in [-0.2, -0.15) is 18.3 Å². The molecule has 0 saturated carbocycles. The molecule has 11 heteroatoms. The van der Waals surface area contributed by atoms with Gasteiger partial charge in [-0.3, -0.25) is 19.6 Å². The minimum atomic E-state index is -4.47. The van der Waals surface area contributed by atoms with Gasteiger partial charge in [-0.1, -0.05) is 30.3 Å². The van der Waals surface area contributed by atoms with Gasteiger partial charge < -0.3 is 10.6 Å². The molecule has 4 amide bonds. The van der Waals surface area contributed by atoms with Crippen molar-refractivity contribution < 1.29 is 27.6 Å². The van der Waals surface area contributed by atoms with Gasteiger partial charge in [0.1, 0.15) is 0 Å². The number of imide groups is 1. The summed E-state index contributed by atoms with van der Waals surface area (Å²) in [5, 5.41) is 11.6. The van der Waals surface area contributed by atoms with Crippen molar-refractivity contribution in [2.75, 3.05) is 6.54 Å². The highest BCUT2D eigenvalue weighted by atomic mass is 19.4. The topological polar surface area (TPSA) is 105 Å². The zero-order valence-electron chi connectivity index (χ0n) is 18.2. The predicted octanol–water partition coefficient (Wildman–Crippen LogP) is 2.88. The Labute approximate surface area is 192 Å². The van der Waals surface area contributed by atoms with Crippen LogP contribution >= 0.6 is 0 Å². The maximum absolute atomic E-state index is 13.1. The molecule has 3 aromatic rings. The Morgan fingerprint density at radius 2 is 1.79 bits per heavy atom. The van der Waals surface area contributed by atoms with E-state index in [-0.39, 0.29) is 12.1 Å². The van der Waals surface area contributed by atoms with Crippen molar-refractivity contribution in [3.8, 4) is 11.1 Å². The predicted molar refractivity (Wildman–Crippen MR) is 116 cm³/mol. The van der Waals surface area contributed by atoms with Crippen LogP contribution in [0, 0.1) is 6.92 Å². The Hall–Kier alpha value is -4.15. The third-order valence-electron chi connectivity index (χ3n) is 5.68. The Morgan fingerprint density at radius 3 is 2.35 bits per heavy atom.